The molecule has 0 atom stereocenters. The fourth-order valence-corrected chi connectivity index (χ4v) is 2.32. The Morgan fingerprint density at radius 2 is 2.00 bits per heavy atom. The second kappa shape index (κ2) is 4.52. The second-order valence-electron chi connectivity index (χ2n) is 4.36. The Balaban J connectivity index is 2.46. The van der Waals surface area contributed by atoms with Crippen molar-refractivity contribution in [3.05, 3.63) is 69.6 Å². The molecule has 0 spiro atoms. The van der Waals surface area contributed by atoms with E-state index in [1.165, 1.54) is 0 Å². The standard InChI is InChI=1S/C15H11ClN2O/c1-10-8-11-4-3-7-17-14(11)18(15(10)19)13-6-2-5-12(16)9-13/h2-9H,1H3. The van der Waals surface area contributed by atoms with Crippen molar-refractivity contribution in [1.82, 2.24) is 9.55 Å². The van der Waals surface area contributed by atoms with E-state index in [4.69, 9.17) is 11.6 Å². The maximum atomic E-state index is 12.4. The summed E-state index contributed by atoms with van der Waals surface area (Å²) in [4.78, 5) is 16.7. The summed E-state index contributed by atoms with van der Waals surface area (Å²) < 4.78 is 1.59. The van der Waals surface area contributed by atoms with Crippen LogP contribution in [0.5, 0.6) is 0 Å². The van der Waals surface area contributed by atoms with E-state index in [9.17, 15) is 4.79 Å². The van der Waals surface area contributed by atoms with Crippen LogP contribution in [0.1, 0.15) is 5.56 Å². The van der Waals surface area contributed by atoms with Crippen LogP contribution in [0.4, 0.5) is 0 Å². The van der Waals surface area contributed by atoms with Crippen LogP contribution in [0.3, 0.4) is 0 Å². The number of hydrogen-bond donors (Lipinski definition) is 0. The first-order chi connectivity index (χ1) is 9.16. The van der Waals surface area contributed by atoms with E-state index in [0.717, 1.165) is 11.1 Å². The van der Waals surface area contributed by atoms with Crippen molar-refractivity contribution in [2.24, 2.45) is 0 Å². The Labute approximate surface area is 115 Å². The van der Waals surface area contributed by atoms with E-state index in [0.29, 0.717) is 16.2 Å². The van der Waals surface area contributed by atoms with Gasteiger partial charge < -0.3 is 0 Å². The predicted molar refractivity (Wildman–Crippen MR) is 77.1 cm³/mol. The molecule has 0 aliphatic rings. The average molecular weight is 271 g/mol. The van der Waals surface area contributed by atoms with Gasteiger partial charge in [0.2, 0.25) is 0 Å². The summed E-state index contributed by atoms with van der Waals surface area (Å²) in [5.74, 6) is 0. The number of aryl methyl sites for hydroxylation is 1. The van der Waals surface area contributed by atoms with E-state index < -0.39 is 0 Å². The first kappa shape index (κ1) is 11.9. The van der Waals surface area contributed by atoms with Gasteiger partial charge in [-0.25, -0.2) is 4.98 Å². The SMILES string of the molecule is Cc1cc2cccnc2n(-c2cccc(Cl)c2)c1=O. The zero-order chi connectivity index (χ0) is 13.4. The number of aromatic nitrogens is 2. The number of rotatable bonds is 1. The molecule has 3 nitrogen and oxygen atoms in total. The Hall–Kier alpha value is -2.13. The highest BCUT2D eigenvalue weighted by molar-refractivity contribution is 6.30. The molecule has 0 fully saturated rings. The van der Waals surface area contributed by atoms with Crippen LogP contribution in [0, 0.1) is 6.92 Å². The third-order valence-electron chi connectivity index (χ3n) is 3.01. The van der Waals surface area contributed by atoms with Crippen LogP contribution < -0.4 is 5.56 Å². The Morgan fingerprint density at radius 1 is 1.16 bits per heavy atom. The molecule has 0 aliphatic heterocycles. The van der Waals surface area contributed by atoms with Crippen molar-refractivity contribution < 1.29 is 0 Å². The van der Waals surface area contributed by atoms with Crippen LogP contribution in [0.2, 0.25) is 5.02 Å². The summed E-state index contributed by atoms with van der Waals surface area (Å²) in [7, 11) is 0. The third-order valence-corrected chi connectivity index (χ3v) is 3.24. The van der Waals surface area contributed by atoms with E-state index in [1.807, 2.05) is 30.3 Å². The minimum absolute atomic E-state index is 0.0755. The molecule has 0 N–H and O–H groups in total. The van der Waals surface area contributed by atoms with Crippen LogP contribution in [0.15, 0.2) is 53.5 Å². The van der Waals surface area contributed by atoms with Crippen molar-refractivity contribution in [2.75, 3.05) is 0 Å². The first-order valence-corrected chi connectivity index (χ1v) is 6.28. The van der Waals surface area contributed by atoms with E-state index in [-0.39, 0.29) is 5.56 Å². The molecular formula is C15H11ClN2O. The summed E-state index contributed by atoms with van der Waals surface area (Å²) in [6, 6.07) is 12.9. The number of hydrogen-bond acceptors (Lipinski definition) is 2. The van der Waals surface area contributed by atoms with Gasteiger partial charge in [0.1, 0.15) is 5.65 Å². The lowest BCUT2D eigenvalue weighted by Crippen LogP contribution is -2.21. The molecule has 0 bridgehead atoms. The number of halogens is 1. The maximum absolute atomic E-state index is 12.4. The van der Waals surface area contributed by atoms with Gasteiger partial charge in [-0.15, -0.1) is 0 Å². The first-order valence-electron chi connectivity index (χ1n) is 5.90. The summed E-state index contributed by atoms with van der Waals surface area (Å²) in [5, 5.41) is 1.52. The number of nitrogens with zero attached hydrogens (tertiary/aromatic N) is 2. The zero-order valence-electron chi connectivity index (χ0n) is 10.3. The van der Waals surface area contributed by atoms with E-state index >= 15 is 0 Å². The van der Waals surface area contributed by atoms with Gasteiger partial charge in [0.15, 0.2) is 0 Å². The van der Waals surface area contributed by atoms with Crippen LogP contribution in [-0.2, 0) is 0 Å². The molecule has 1 aromatic carbocycles. The number of fused-ring (bicyclic) bond motifs is 1. The van der Waals surface area contributed by atoms with E-state index in [2.05, 4.69) is 4.98 Å². The van der Waals surface area contributed by atoms with Crippen LogP contribution >= 0.6 is 11.6 Å². The second-order valence-corrected chi connectivity index (χ2v) is 4.80. The van der Waals surface area contributed by atoms with Crippen molar-refractivity contribution in [3.63, 3.8) is 0 Å². The fraction of sp³-hybridized carbons (Fsp3) is 0.0667. The Kier molecular flexibility index (Phi) is 2.84. The smallest absolute Gasteiger partial charge is 0.259 e. The highest BCUT2D eigenvalue weighted by Crippen LogP contribution is 2.18. The van der Waals surface area contributed by atoms with Gasteiger partial charge in [0, 0.05) is 22.2 Å². The normalized spacial score (nSPS) is 10.8. The van der Waals surface area contributed by atoms with Crippen molar-refractivity contribution in [2.45, 2.75) is 6.92 Å². The van der Waals surface area contributed by atoms with Crippen molar-refractivity contribution in [3.8, 4) is 5.69 Å². The quantitative estimate of drug-likeness (QED) is 0.680. The Morgan fingerprint density at radius 3 is 2.79 bits per heavy atom. The summed E-state index contributed by atoms with van der Waals surface area (Å²) in [5.41, 5.74) is 1.97. The molecule has 19 heavy (non-hydrogen) atoms. The molecule has 2 aromatic heterocycles. The van der Waals surface area contributed by atoms with Crippen molar-refractivity contribution in [1.29, 1.82) is 0 Å². The topological polar surface area (TPSA) is 34.9 Å². The molecular weight excluding hydrogens is 260 g/mol. The van der Waals surface area contributed by atoms with Gasteiger partial charge in [-0.2, -0.15) is 0 Å². The summed E-state index contributed by atoms with van der Waals surface area (Å²) in [6.45, 7) is 1.80. The number of pyridine rings is 2. The monoisotopic (exact) mass is 270 g/mol. The van der Waals surface area contributed by atoms with Gasteiger partial charge in [-0.3, -0.25) is 9.36 Å². The van der Waals surface area contributed by atoms with Crippen LogP contribution in [0.25, 0.3) is 16.7 Å². The van der Waals surface area contributed by atoms with Gasteiger partial charge in [-0.1, -0.05) is 17.7 Å². The molecule has 0 amide bonds. The van der Waals surface area contributed by atoms with Gasteiger partial charge in [-0.05, 0) is 43.3 Å². The molecule has 0 saturated heterocycles. The molecule has 3 rings (SSSR count). The maximum Gasteiger partial charge on any atom is 0.259 e. The lowest BCUT2D eigenvalue weighted by molar-refractivity contribution is 0.996. The Bertz CT molecular complexity index is 824. The molecule has 0 saturated carbocycles. The molecule has 3 aromatic rings. The van der Waals surface area contributed by atoms with Gasteiger partial charge in [0.05, 0.1) is 5.69 Å². The number of benzene rings is 1. The fourth-order valence-electron chi connectivity index (χ4n) is 2.13. The zero-order valence-corrected chi connectivity index (χ0v) is 11.1. The van der Waals surface area contributed by atoms with Crippen LogP contribution in [-0.4, -0.2) is 9.55 Å². The van der Waals surface area contributed by atoms with Gasteiger partial charge >= 0.3 is 0 Å². The molecule has 4 heteroatoms. The van der Waals surface area contributed by atoms with Gasteiger partial charge in [0.25, 0.3) is 5.56 Å². The molecule has 94 valence electrons. The highest BCUT2D eigenvalue weighted by Gasteiger charge is 2.09. The van der Waals surface area contributed by atoms with Crippen molar-refractivity contribution >= 4 is 22.6 Å². The predicted octanol–water partition coefficient (Wildman–Crippen LogP) is 3.35. The molecule has 2 heterocycles. The minimum atomic E-state index is -0.0755. The lowest BCUT2D eigenvalue weighted by atomic mass is 10.2. The summed E-state index contributed by atoms with van der Waals surface area (Å²) in [6.07, 6.45) is 1.68. The molecule has 0 aliphatic carbocycles. The average Bonchev–Trinajstić information content (AvgIpc) is 2.40. The largest absolute Gasteiger partial charge is 0.269 e. The minimum Gasteiger partial charge on any atom is -0.269 e. The van der Waals surface area contributed by atoms with E-state index in [1.54, 1.807) is 29.8 Å². The molecule has 0 radical (unpaired) electrons. The highest BCUT2D eigenvalue weighted by atomic mass is 35.5. The lowest BCUT2D eigenvalue weighted by Gasteiger charge is -2.10. The summed E-state index contributed by atoms with van der Waals surface area (Å²) >= 11 is 6.00. The molecule has 0 unspecified atom stereocenters. The third kappa shape index (κ3) is 2.02.